The first-order valence-corrected chi connectivity index (χ1v) is 11.7. The Balaban J connectivity index is 1.15. The molecule has 3 aromatic carbocycles. The van der Waals surface area contributed by atoms with E-state index >= 15 is 0 Å². The molecule has 0 saturated carbocycles. The van der Waals surface area contributed by atoms with Gasteiger partial charge in [-0.2, -0.15) is 0 Å². The Hall–Kier alpha value is -3.71. The van der Waals surface area contributed by atoms with Crippen molar-refractivity contribution >= 4 is 34.2 Å². The van der Waals surface area contributed by atoms with Crippen molar-refractivity contribution in [2.24, 2.45) is 0 Å². The van der Waals surface area contributed by atoms with Crippen LogP contribution in [0, 0.1) is 0 Å². The Kier molecular flexibility index (Phi) is 7.88. The summed E-state index contributed by atoms with van der Waals surface area (Å²) >= 11 is 0. The number of piperidine rings is 1. The standard InChI is InChI=1S/C27H30N4O3/c32-25(17-21-9-6-8-20-7-4-5-12-24(20)21)28-18-26(33)29-23-13-15-31(16-14-23)19-27(34)30-22-10-2-1-3-11-22/h1-12,23H,13-19H2,(H,28,32)(H,29,33)(H,30,34). The van der Waals surface area contributed by atoms with Gasteiger partial charge in [0.15, 0.2) is 0 Å². The number of nitrogens with one attached hydrogen (secondary N) is 3. The lowest BCUT2D eigenvalue weighted by Crippen LogP contribution is -2.48. The highest BCUT2D eigenvalue weighted by Gasteiger charge is 2.22. The van der Waals surface area contributed by atoms with Gasteiger partial charge in [-0.15, -0.1) is 0 Å². The van der Waals surface area contributed by atoms with Gasteiger partial charge in [0.2, 0.25) is 17.7 Å². The third-order valence-electron chi connectivity index (χ3n) is 6.05. The number of para-hydroxylation sites is 1. The maximum Gasteiger partial charge on any atom is 0.239 e. The van der Waals surface area contributed by atoms with Crippen LogP contribution in [-0.2, 0) is 20.8 Å². The highest BCUT2D eigenvalue weighted by molar-refractivity contribution is 5.92. The van der Waals surface area contributed by atoms with Crippen molar-refractivity contribution in [2.45, 2.75) is 25.3 Å². The molecule has 34 heavy (non-hydrogen) atoms. The van der Waals surface area contributed by atoms with Gasteiger partial charge in [-0.1, -0.05) is 60.7 Å². The molecule has 3 aromatic rings. The largest absolute Gasteiger partial charge is 0.352 e. The Morgan fingerprint density at radius 3 is 2.29 bits per heavy atom. The third-order valence-corrected chi connectivity index (χ3v) is 6.05. The molecular formula is C27H30N4O3. The van der Waals surface area contributed by atoms with Crippen LogP contribution in [-0.4, -0.2) is 54.8 Å². The van der Waals surface area contributed by atoms with Crippen molar-refractivity contribution in [1.82, 2.24) is 15.5 Å². The lowest BCUT2D eigenvalue weighted by atomic mass is 10.0. The molecule has 0 aliphatic carbocycles. The lowest BCUT2D eigenvalue weighted by Gasteiger charge is -2.31. The molecule has 0 unspecified atom stereocenters. The molecule has 0 radical (unpaired) electrons. The number of nitrogens with zero attached hydrogens (tertiary/aromatic N) is 1. The fraction of sp³-hybridized carbons (Fsp3) is 0.296. The predicted molar refractivity (Wildman–Crippen MR) is 133 cm³/mol. The number of carbonyl (C=O) groups excluding carboxylic acids is 3. The van der Waals surface area contributed by atoms with Gasteiger partial charge in [0.05, 0.1) is 19.5 Å². The van der Waals surface area contributed by atoms with Gasteiger partial charge in [0, 0.05) is 24.8 Å². The zero-order valence-electron chi connectivity index (χ0n) is 19.1. The monoisotopic (exact) mass is 458 g/mol. The molecular weight excluding hydrogens is 428 g/mol. The van der Waals surface area contributed by atoms with E-state index in [0.717, 1.165) is 48.0 Å². The predicted octanol–water partition coefficient (Wildman–Crippen LogP) is 2.72. The second-order valence-corrected chi connectivity index (χ2v) is 8.62. The fourth-order valence-corrected chi connectivity index (χ4v) is 4.30. The summed E-state index contributed by atoms with van der Waals surface area (Å²) in [4.78, 5) is 39.1. The first-order chi connectivity index (χ1) is 16.6. The number of rotatable bonds is 8. The molecule has 1 fully saturated rings. The topological polar surface area (TPSA) is 90.5 Å². The van der Waals surface area contributed by atoms with Gasteiger partial charge >= 0.3 is 0 Å². The van der Waals surface area contributed by atoms with Crippen molar-refractivity contribution in [3.05, 3.63) is 78.4 Å². The van der Waals surface area contributed by atoms with E-state index in [1.807, 2.05) is 72.8 Å². The van der Waals surface area contributed by atoms with Crippen LogP contribution in [0.2, 0.25) is 0 Å². The van der Waals surface area contributed by atoms with E-state index in [1.54, 1.807) is 0 Å². The molecule has 3 N–H and O–H groups in total. The number of likely N-dealkylation sites (tertiary alicyclic amines) is 1. The highest BCUT2D eigenvalue weighted by Crippen LogP contribution is 2.18. The summed E-state index contributed by atoms with van der Waals surface area (Å²) in [6.07, 6.45) is 1.78. The molecule has 4 rings (SSSR count). The Morgan fingerprint density at radius 1 is 0.794 bits per heavy atom. The zero-order chi connectivity index (χ0) is 23.8. The summed E-state index contributed by atoms with van der Waals surface area (Å²) in [5.74, 6) is -0.403. The molecule has 1 aliphatic heterocycles. The summed E-state index contributed by atoms with van der Waals surface area (Å²) < 4.78 is 0. The number of hydrogen-bond donors (Lipinski definition) is 3. The molecule has 1 heterocycles. The number of fused-ring (bicyclic) bond motifs is 1. The van der Waals surface area contributed by atoms with Crippen LogP contribution in [0.5, 0.6) is 0 Å². The minimum atomic E-state index is -0.188. The Bertz CT molecular complexity index is 1140. The van der Waals surface area contributed by atoms with Crippen LogP contribution >= 0.6 is 0 Å². The summed E-state index contributed by atoms with van der Waals surface area (Å²) in [6, 6.07) is 23.3. The number of amides is 3. The fourth-order valence-electron chi connectivity index (χ4n) is 4.30. The van der Waals surface area contributed by atoms with E-state index in [0.29, 0.717) is 6.54 Å². The lowest BCUT2D eigenvalue weighted by molar-refractivity contribution is -0.126. The first kappa shape index (κ1) is 23.4. The molecule has 0 atom stereocenters. The van der Waals surface area contributed by atoms with Crippen molar-refractivity contribution in [2.75, 3.05) is 31.5 Å². The Morgan fingerprint density at radius 2 is 1.50 bits per heavy atom. The molecule has 7 heteroatoms. The van der Waals surface area contributed by atoms with Crippen LogP contribution in [0.3, 0.4) is 0 Å². The van der Waals surface area contributed by atoms with Gasteiger partial charge in [0.25, 0.3) is 0 Å². The van der Waals surface area contributed by atoms with E-state index < -0.39 is 0 Å². The number of carbonyl (C=O) groups is 3. The third kappa shape index (κ3) is 6.65. The van der Waals surface area contributed by atoms with E-state index in [4.69, 9.17) is 0 Å². The van der Waals surface area contributed by atoms with Crippen molar-refractivity contribution in [1.29, 1.82) is 0 Å². The first-order valence-electron chi connectivity index (χ1n) is 11.7. The minimum Gasteiger partial charge on any atom is -0.352 e. The molecule has 0 bridgehead atoms. The van der Waals surface area contributed by atoms with E-state index in [9.17, 15) is 14.4 Å². The van der Waals surface area contributed by atoms with Crippen molar-refractivity contribution in [3.63, 3.8) is 0 Å². The number of anilines is 1. The zero-order valence-corrected chi connectivity index (χ0v) is 19.1. The molecule has 0 spiro atoms. The van der Waals surface area contributed by atoms with Crippen molar-refractivity contribution < 1.29 is 14.4 Å². The molecule has 1 aliphatic rings. The maximum atomic E-state index is 12.4. The van der Waals surface area contributed by atoms with Crippen LogP contribution < -0.4 is 16.0 Å². The summed E-state index contributed by atoms with van der Waals surface area (Å²) in [5.41, 5.74) is 1.73. The van der Waals surface area contributed by atoms with Gasteiger partial charge in [-0.25, -0.2) is 0 Å². The molecule has 1 saturated heterocycles. The van der Waals surface area contributed by atoms with E-state index in [-0.39, 0.29) is 36.7 Å². The SMILES string of the molecule is O=C(Cc1cccc2ccccc12)NCC(=O)NC1CCN(CC(=O)Nc2ccccc2)CC1. The molecule has 176 valence electrons. The smallest absolute Gasteiger partial charge is 0.239 e. The summed E-state index contributed by atoms with van der Waals surface area (Å²) in [6.45, 7) is 1.77. The number of benzene rings is 3. The van der Waals surface area contributed by atoms with Crippen LogP contribution in [0.4, 0.5) is 5.69 Å². The van der Waals surface area contributed by atoms with E-state index in [1.165, 1.54) is 0 Å². The van der Waals surface area contributed by atoms with Gasteiger partial charge in [-0.3, -0.25) is 19.3 Å². The minimum absolute atomic E-state index is 0.0384. The molecule has 0 aromatic heterocycles. The van der Waals surface area contributed by atoms with Crippen molar-refractivity contribution in [3.8, 4) is 0 Å². The maximum absolute atomic E-state index is 12.4. The summed E-state index contributed by atoms with van der Waals surface area (Å²) in [5, 5.41) is 10.8. The average molecular weight is 459 g/mol. The normalized spacial score (nSPS) is 14.5. The molecule has 7 nitrogen and oxygen atoms in total. The van der Waals surface area contributed by atoms with Crippen LogP contribution in [0.25, 0.3) is 10.8 Å². The van der Waals surface area contributed by atoms with Gasteiger partial charge in [0.1, 0.15) is 0 Å². The summed E-state index contributed by atoms with van der Waals surface area (Å²) in [7, 11) is 0. The second kappa shape index (κ2) is 11.4. The number of hydrogen-bond acceptors (Lipinski definition) is 4. The van der Waals surface area contributed by atoms with E-state index in [2.05, 4.69) is 20.9 Å². The Labute approximate surface area is 199 Å². The van der Waals surface area contributed by atoms with Gasteiger partial charge < -0.3 is 16.0 Å². The van der Waals surface area contributed by atoms with Gasteiger partial charge in [-0.05, 0) is 41.3 Å². The average Bonchev–Trinajstić information content (AvgIpc) is 2.85. The molecule has 3 amide bonds. The second-order valence-electron chi connectivity index (χ2n) is 8.62. The highest BCUT2D eigenvalue weighted by atomic mass is 16.2. The van der Waals surface area contributed by atoms with Crippen LogP contribution in [0.1, 0.15) is 18.4 Å². The quantitative estimate of drug-likeness (QED) is 0.484. The van der Waals surface area contributed by atoms with Crippen LogP contribution in [0.15, 0.2) is 72.8 Å².